The van der Waals surface area contributed by atoms with E-state index in [2.05, 4.69) is 0 Å². The number of hydrogen-bond acceptors (Lipinski definition) is 4. The van der Waals surface area contributed by atoms with Crippen molar-refractivity contribution < 1.29 is 18.8 Å². The molecule has 0 fully saturated rings. The van der Waals surface area contributed by atoms with Crippen LogP contribution >= 0.6 is 0 Å². The van der Waals surface area contributed by atoms with Gasteiger partial charge in [-0.1, -0.05) is 44.2 Å². The van der Waals surface area contributed by atoms with Gasteiger partial charge in [-0.05, 0) is 26.3 Å². The fourth-order valence-corrected chi connectivity index (χ4v) is 3.15. The topological polar surface area (TPSA) is 63.6 Å². The highest BCUT2D eigenvalue weighted by Crippen LogP contribution is 2.18. The summed E-state index contributed by atoms with van der Waals surface area (Å²) in [7, 11) is -1.24. The number of Topliss-reactive ketones (excluding diaryl/α,β-unsaturated/α-hetero) is 1. The van der Waals surface area contributed by atoms with Crippen LogP contribution in [0.1, 0.15) is 40.2 Å². The van der Waals surface area contributed by atoms with Gasteiger partial charge >= 0.3 is 0 Å². The van der Waals surface area contributed by atoms with Gasteiger partial charge in [0.15, 0.2) is 5.78 Å². The highest BCUT2D eigenvalue weighted by Gasteiger charge is 2.30. The zero-order chi connectivity index (χ0) is 18.3. The smallest absolute Gasteiger partial charge is 0.150 e. The molecule has 5 heteroatoms. The Morgan fingerprint density at radius 3 is 2.33 bits per heavy atom. The number of carbonyl (C=O) groups excluding carboxylic acids is 1. The average molecular weight is 355 g/mol. The third-order valence-corrected chi connectivity index (χ3v) is 5.96. The van der Waals surface area contributed by atoms with Crippen LogP contribution in [0.4, 0.5) is 0 Å². The molecule has 0 aliphatic rings. The Bertz CT molecular complexity index is 536. The molecule has 0 saturated carbocycles. The number of ether oxygens (including phenoxy) is 1. The van der Waals surface area contributed by atoms with E-state index in [1.807, 2.05) is 58.0 Å². The first-order valence-electron chi connectivity index (χ1n) is 8.34. The van der Waals surface area contributed by atoms with E-state index >= 15 is 0 Å². The maximum absolute atomic E-state index is 12.2. The molecule has 4 atom stereocenters. The predicted octanol–water partition coefficient (Wildman–Crippen LogP) is 2.95. The van der Waals surface area contributed by atoms with Crippen LogP contribution in [-0.4, -0.2) is 38.3 Å². The van der Waals surface area contributed by atoms with Gasteiger partial charge in [-0.3, -0.25) is 9.00 Å². The maximum Gasteiger partial charge on any atom is 0.150 e. The van der Waals surface area contributed by atoms with Gasteiger partial charge in [-0.15, -0.1) is 0 Å². The number of ketones is 1. The van der Waals surface area contributed by atoms with Gasteiger partial charge in [0.2, 0.25) is 0 Å². The Kier molecular flexibility index (Phi) is 8.27. The lowest BCUT2D eigenvalue weighted by Gasteiger charge is -2.25. The Hall–Kier alpha value is -1.04. The average Bonchev–Trinajstić information content (AvgIpc) is 2.53. The lowest BCUT2D eigenvalue weighted by molar-refractivity contribution is -0.125. The molecule has 0 heterocycles. The number of aliphatic hydroxyl groups is 1. The van der Waals surface area contributed by atoms with E-state index < -0.39 is 27.6 Å². The fourth-order valence-electron chi connectivity index (χ4n) is 2.20. The summed E-state index contributed by atoms with van der Waals surface area (Å²) in [6, 6.07) is 9.81. The summed E-state index contributed by atoms with van der Waals surface area (Å²) in [4.78, 5) is 12.2. The predicted molar refractivity (Wildman–Crippen MR) is 98.2 cm³/mol. The van der Waals surface area contributed by atoms with Crippen LogP contribution in [0.3, 0.4) is 0 Å². The zero-order valence-electron chi connectivity index (χ0n) is 15.3. The molecular formula is C19H30O4S. The molecule has 0 aliphatic carbocycles. The summed E-state index contributed by atoms with van der Waals surface area (Å²) in [5, 5.41) is 10.4. The third-order valence-electron chi connectivity index (χ3n) is 4.05. The molecule has 1 N–H and O–H groups in total. The Labute approximate surface area is 148 Å². The van der Waals surface area contributed by atoms with Crippen LogP contribution in [0, 0.1) is 11.8 Å². The molecule has 136 valence electrons. The largest absolute Gasteiger partial charge is 0.392 e. The maximum atomic E-state index is 12.2. The molecule has 0 spiro atoms. The van der Waals surface area contributed by atoms with Crippen molar-refractivity contribution in [3.05, 3.63) is 35.9 Å². The van der Waals surface area contributed by atoms with Gasteiger partial charge in [0.1, 0.15) is 0 Å². The number of hydrogen-bond donors (Lipinski definition) is 1. The van der Waals surface area contributed by atoms with E-state index in [4.69, 9.17) is 4.74 Å². The molecule has 0 aromatic heterocycles. The van der Waals surface area contributed by atoms with Crippen LogP contribution in [0.2, 0.25) is 0 Å². The minimum atomic E-state index is -1.24. The minimum absolute atomic E-state index is 0.0146. The molecule has 0 amide bonds. The minimum Gasteiger partial charge on any atom is -0.392 e. The van der Waals surface area contributed by atoms with E-state index in [1.54, 1.807) is 6.92 Å². The molecule has 1 rings (SSSR count). The molecular weight excluding hydrogens is 324 g/mol. The van der Waals surface area contributed by atoms with Gasteiger partial charge in [0.25, 0.3) is 0 Å². The van der Waals surface area contributed by atoms with Crippen molar-refractivity contribution in [3.8, 4) is 0 Å². The summed E-state index contributed by atoms with van der Waals surface area (Å²) >= 11 is 0. The molecule has 0 saturated heterocycles. The van der Waals surface area contributed by atoms with Crippen LogP contribution < -0.4 is 0 Å². The summed E-state index contributed by atoms with van der Waals surface area (Å²) in [6.07, 6.45) is -0.801. The Balaban J connectivity index is 2.44. The summed E-state index contributed by atoms with van der Waals surface area (Å²) in [5.74, 6) is -0.896. The number of rotatable bonds is 9. The first kappa shape index (κ1) is 21.0. The first-order valence-corrected chi connectivity index (χ1v) is 9.65. The Morgan fingerprint density at radius 1 is 1.21 bits per heavy atom. The molecule has 0 radical (unpaired) electrons. The monoisotopic (exact) mass is 354 g/mol. The quantitative estimate of drug-likeness (QED) is 0.740. The molecule has 0 bridgehead atoms. The lowest BCUT2D eigenvalue weighted by atomic mass is 9.91. The first-order chi connectivity index (χ1) is 11.1. The summed E-state index contributed by atoms with van der Waals surface area (Å²) in [5.41, 5.74) is 1.07. The van der Waals surface area contributed by atoms with Crippen LogP contribution in [0.25, 0.3) is 0 Å². The second-order valence-corrected chi connectivity index (χ2v) is 9.53. The van der Waals surface area contributed by atoms with Crippen molar-refractivity contribution in [2.45, 2.75) is 52.1 Å². The summed E-state index contributed by atoms with van der Waals surface area (Å²) < 4.78 is 17.3. The van der Waals surface area contributed by atoms with Crippen LogP contribution in [0.5, 0.6) is 0 Å². The normalized spacial score (nSPS) is 17.1. The second-order valence-electron chi connectivity index (χ2n) is 7.33. The number of carbonyl (C=O) groups is 1. The molecule has 0 aliphatic heterocycles. The number of aliphatic hydroxyl groups excluding tert-OH is 1. The van der Waals surface area contributed by atoms with Gasteiger partial charge in [-0.25, -0.2) is 0 Å². The molecule has 4 nitrogen and oxygen atoms in total. The molecule has 24 heavy (non-hydrogen) atoms. The van der Waals surface area contributed by atoms with Gasteiger partial charge in [-0.2, -0.15) is 0 Å². The van der Waals surface area contributed by atoms with Gasteiger partial charge in [0.05, 0.1) is 25.1 Å². The second kappa shape index (κ2) is 9.44. The highest BCUT2D eigenvalue weighted by molar-refractivity contribution is 7.87. The van der Waals surface area contributed by atoms with Crippen LogP contribution in [0.15, 0.2) is 30.3 Å². The van der Waals surface area contributed by atoms with E-state index in [9.17, 15) is 14.1 Å². The standard InChI is InChI=1S/C19H30O4S/c1-14(11-23-12-16-9-7-6-8-10-16)18(21)15(2)17(20)13-24(22)19(3,4)5/h6-10,14-15,18,21H,11-13H2,1-5H3/t14?,15-,18-,24?/m0/s1. The van der Waals surface area contributed by atoms with E-state index in [0.29, 0.717) is 13.2 Å². The SMILES string of the molecule is CC(COCc1ccccc1)[C@H](O)[C@@H](C)C(=O)CS(=O)C(C)(C)C. The highest BCUT2D eigenvalue weighted by atomic mass is 32.2. The van der Waals surface area contributed by atoms with Crippen molar-refractivity contribution in [2.24, 2.45) is 11.8 Å². The van der Waals surface area contributed by atoms with Crippen molar-refractivity contribution in [1.29, 1.82) is 0 Å². The van der Waals surface area contributed by atoms with E-state index in [1.165, 1.54) is 0 Å². The lowest BCUT2D eigenvalue weighted by Crippen LogP contribution is -2.37. The number of benzene rings is 1. The van der Waals surface area contributed by atoms with E-state index in [0.717, 1.165) is 5.56 Å². The van der Waals surface area contributed by atoms with E-state index in [-0.39, 0.29) is 17.5 Å². The van der Waals surface area contributed by atoms with Crippen molar-refractivity contribution in [1.82, 2.24) is 0 Å². The molecule has 2 unspecified atom stereocenters. The summed E-state index contributed by atoms with van der Waals surface area (Å²) in [6.45, 7) is 9.94. The van der Waals surface area contributed by atoms with Crippen molar-refractivity contribution in [2.75, 3.05) is 12.4 Å². The zero-order valence-corrected chi connectivity index (χ0v) is 16.1. The van der Waals surface area contributed by atoms with Gasteiger partial charge in [0, 0.05) is 27.4 Å². The molecule has 1 aromatic rings. The third kappa shape index (κ3) is 6.83. The Morgan fingerprint density at radius 2 is 1.79 bits per heavy atom. The fraction of sp³-hybridized carbons (Fsp3) is 0.632. The van der Waals surface area contributed by atoms with Crippen LogP contribution in [-0.2, 0) is 26.9 Å². The molecule has 1 aromatic carbocycles. The van der Waals surface area contributed by atoms with Gasteiger partial charge < -0.3 is 9.84 Å². The van der Waals surface area contributed by atoms with Crippen molar-refractivity contribution >= 4 is 16.6 Å². The van der Waals surface area contributed by atoms with Crippen molar-refractivity contribution in [3.63, 3.8) is 0 Å².